The van der Waals surface area contributed by atoms with E-state index < -0.39 is 21.5 Å². The topological polar surface area (TPSA) is 107 Å². The molecule has 11 heteroatoms. The van der Waals surface area contributed by atoms with E-state index in [2.05, 4.69) is 134 Å². The van der Waals surface area contributed by atoms with Gasteiger partial charge in [0.25, 0.3) is 10.1 Å². The summed E-state index contributed by atoms with van der Waals surface area (Å²) in [5, 5.41) is 3.23. The number of hydrogen-bond donors (Lipinski definition) is 2. The third-order valence-corrected chi connectivity index (χ3v) is 14.0. The second kappa shape index (κ2) is 16.9. The lowest BCUT2D eigenvalue weighted by Crippen LogP contribution is -2.31. The van der Waals surface area contributed by atoms with Crippen LogP contribution in [0.3, 0.4) is 0 Å². The molecule has 2 N–H and O–H groups in total. The van der Waals surface area contributed by atoms with Crippen molar-refractivity contribution in [3.63, 3.8) is 0 Å². The number of halogens is 1. The van der Waals surface area contributed by atoms with E-state index >= 15 is 0 Å². The molecule has 3 unspecified atom stereocenters. The highest BCUT2D eigenvalue weighted by Gasteiger charge is 2.55. The summed E-state index contributed by atoms with van der Waals surface area (Å²) < 4.78 is 59.9. The fourth-order valence-corrected chi connectivity index (χ4v) is 10.9. The van der Waals surface area contributed by atoms with Crippen molar-refractivity contribution in [2.75, 3.05) is 30.3 Å². The molecule has 2 aliphatic carbocycles. The predicted octanol–water partition coefficient (Wildman–Crippen LogP) is 10.3. The van der Waals surface area contributed by atoms with Crippen molar-refractivity contribution in [3.8, 4) is 0 Å². The van der Waals surface area contributed by atoms with Gasteiger partial charge in [0.2, 0.25) is 0 Å². The minimum Gasteiger partial charge on any atom is -0.344 e. The van der Waals surface area contributed by atoms with Gasteiger partial charge in [0.05, 0.1) is 23.7 Å². The second-order valence-electron chi connectivity index (χ2n) is 16.7. The van der Waals surface area contributed by atoms with Crippen molar-refractivity contribution in [3.05, 3.63) is 130 Å². The Morgan fingerprint density at radius 3 is 2.53 bits per heavy atom. The molecule has 2 heterocycles. The van der Waals surface area contributed by atoms with Crippen LogP contribution in [0.1, 0.15) is 95.2 Å². The van der Waals surface area contributed by atoms with Crippen molar-refractivity contribution in [2.24, 2.45) is 5.41 Å². The van der Waals surface area contributed by atoms with Gasteiger partial charge in [0, 0.05) is 40.9 Å². The van der Waals surface area contributed by atoms with E-state index in [4.69, 9.17) is 20.3 Å². The van der Waals surface area contributed by atoms with E-state index in [1.54, 1.807) is 0 Å². The number of allylic oxidation sites excluding steroid dienone is 8. The summed E-state index contributed by atoms with van der Waals surface area (Å²) in [7, 11) is -4.02. The van der Waals surface area contributed by atoms with Crippen molar-refractivity contribution in [2.45, 2.75) is 90.0 Å². The Morgan fingerprint density at radius 2 is 1.74 bits per heavy atom. The maximum absolute atomic E-state index is 11.5. The lowest BCUT2D eigenvalue weighted by Gasteiger charge is -2.30. The van der Waals surface area contributed by atoms with E-state index in [1.165, 1.54) is 44.6 Å². The Kier molecular flexibility index (Phi) is 12.3. The first kappa shape index (κ1) is 41.5. The molecule has 2 aliphatic heterocycles. The number of hydrogen-bond acceptors (Lipinski definition) is 5. The molecule has 302 valence electrons. The van der Waals surface area contributed by atoms with Crippen LogP contribution in [0.25, 0.3) is 16.8 Å². The number of benzene rings is 3. The van der Waals surface area contributed by atoms with Crippen LogP contribution in [-0.4, -0.2) is 63.5 Å². The fraction of sp³-hybridized carbons (Fsp3) is 0.413. The number of fused-ring (bicyclic) bond motifs is 6. The minimum atomic E-state index is -4.02. The molecule has 8 nitrogen and oxygen atoms in total. The zero-order valence-corrected chi connectivity index (χ0v) is 35.7. The highest BCUT2D eigenvalue weighted by atomic mass is 35.5. The molecule has 3 atom stereocenters. The molecular weight excluding hydrogens is 776 g/mol. The number of rotatable bonds is 14. The molecule has 0 fully saturated rings. The summed E-state index contributed by atoms with van der Waals surface area (Å²) in [5.41, 5.74) is 9.12. The molecule has 0 saturated heterocycles. The standard InChI is InChI=1S/C46H53ClN2O6S2/c1-45(2)40(48(28-9-11-30-55-56(50)51)38-24-20-32-14-5-7-18-36(32)42(38)45)26-22-34-16-13-17-35(44(34)47)23-27-41-46(3,4)43-37-19-8-6-15-33(37)21-25-39(43)49(41)29-10-12-31-57(52,53)54/h5-8,14-15,18-27,39,43H,9-13,16-17,28-31H2,1-4H3,(H-,50,51,52,53,54)/p+1. The first-order chi connectivity index (χ1) is 27.2. The Labute approximate surface area is 345 Å². The van der Waals surface area contributed by atoms with Gasteiger partial charge in [0.1, 0.15) is 6.54 Å². The average Bonchev–Trinajstić information content (AvgIpc) is 3.53. The second-order valence-corrected chi connectivity index (χ2v) is 19.3. The van der Waals surface area contributed by atoms with E-state index in [0.717, 1.165) is 48.4 Å². The van der Waals surface area contributed by atoms with Crippen LogP contribution in [0.5, 0.6) is 0 Å². The van der Waals surface area contributed by atoms with Crippen LogP contribution in [0, 0.1) is 5.41 Å². The van der Waals surface area contributed by atoms with Gasteiger partial charge in [-0.1, -0.05) is 98.3 Å². The maximum Gasteiger partial charge on any atom is 0.301 e. The van der Waals surface area contributed by atoms with Gasteiger partial charge in [-0.15, -0.1) is 0 Å². The van der Waals surface area contributed by atoms with Crippen LogP contribution in [0.2, 0.25) is 0 Å². The molecule has 0 amide bonds. The summed E-state index contributed by atoms with van der Waals surface area (Å²) in [6, 6.07) is 21.6. The summed E-state index contributed by atoms with van der Waals surface area (Å²) in [6.07, 6.45) is 18.6. The molecule has 3 aromatic carbocycles. The van der Waals surface area contributed by atoms with Crippen LogP contribution in [0.15, 0.2) is 113 Å². The lowest BCUT2D eigenvalue weighted by atomic mass is 9.68. The fourth-order valence-electron chi connectivity index (χ4n) is 9.72. The van der Waals surface area contributed by atoms with Gasteiger partial charge in [-0.05, 0) is 109 Å². The minimum absolute atomic E-state index is 0.128. The lowest BCUT2D eigenvalue weighted by molar-refractivity contribution is -0.548. The van der Waals surface area contributed by atoms with Gasteiger partial charge in [-0.25, -0.2) is 4.58 Å². The van der Waals surface area contributed by atoms with Gasteiger partial charge in [-0.3, -0.25) is 13.3 Å². The molecule has 0 radical (unpaired) electrons. The highest BCUT2D eigenvalue weighted by Crippen LogP contribution is 2.52. The SMILES string of the molecule is CC1(C)C(=CC=C2CCCC(C=CC3=[N+](CCCCS(=O)(=O)O)C4C=Cc5ccccc5C4C3(C)C)=C2Cl)N(CCCCOS(=O)O)c2ccc3ccccc3c21. The van der Waals surface area contributed by atoms with Gasteiger partial charge >= 0.3 is 11.4 Å². The molecular formula is C46H54ClN2O6S2+. The van der Waals surface area contributed by atoms with Crippen LogP contribution in [0.4, 0.5) is 5.69 Å². The smallest absolute Gasteiger partial charge is 0.301 e. The normalized spacial score (nSPS) is 23.2. The Bertz CT molecular complexity index is 2370. The number of nitrogens with zero attached hydrogens (tertiary/aromatic N) is 2. The molecule has 0 spiro atoms. The molecule has 57 heavy (non-hydrogen) atoms. The highest BCUT2D eigenvalue weighted by molar-refractivity contribution is 7.85. The van der Waals surface area contributed by atoms with E-state index in [9.17, 15) is 17.2 Å². The Hall–Kier alpha value is -3.64. The van der Waals surface area contributed by atoms with Crippen molar-refractivity contribution in [1.82, 2.24) is 0 Å². The van der Waals surface area contributed by atoms with E-state index in [-0.39, 0.29) is 35.1 Å². The van der Waals surface area contributed by atoms with Crippen LogP contribution >= 0.6 is 11.6 Å². The van der Waals surface area contributed by atoms with Crippen LogP contribution in [-0.2, 0) is 31.1 Å². The molecule has 7 rings (SSSR count). The van der Waals surface area contributed by atoms with Crippen molar-refractivity contribution < 1.29 is 30.5 Å². The predicted molar refractivity (Wildman–Crippen MR) is 234 cm³/mol. The zero-order chi connectivity index (χ0) is 40.5. The summed E-state index contributed by atoms with van der Waals surface area (Å²) in [5.74, 6) is -0.0148. The van der Waals surface area contributed by atoms with Gasteiger partial charge in [-0.2, -0.15) is 12.6 Å². The third kappa shape index (κ3) is 8.59. The monoisotopic (exact) mass is 829 g/mol. The average molecular weight is 831 g/mol. The molecule has 0 saturated carbocycles. The largest absolute Gasteiger partial charge is 0.344 e. The van der Waals surface area contributed by atoms with Gasteiger partial charge in [0.15, 0.2) is 11.8 Å². The summed E-state index contributed by atoms with van der Waals surface area (Å²) >= 11 is 5.06. The molecule has 4 aliphatic rings. The zero-order valence-electron chi connectivity index (χ0n) is 33.3. The summed E-state index contributed by atoms with van der Waals surface area (Å²) in [6.45, 7) is 10.8. The number of unbranched alkanes of at least 4 members (excludes halogenated alkanes) is 2. The number of anilines is 1. The van der Waals surface area contributed by atoms with Crippen LogP contribution < -0.4 is 4.90 Å². The third-order valence-electron chi connectivity index (χ3n) is 12.4. The van der Waals surface area contributed by atoms with Crippen molar-refractivity contribution in [1.29, 1.82) is 0 Å². The quantitative estimate of drug-likeness (QED) is 0.0721. The maximum atomic E-state index is 11.5. The Morgan fingerprint density at radius 1 is 0.965 bits per heavy atom. The van der Waals surface area contributed by atoms with Crippen molar-refractivity contribution >= 4 is 61.3 Å². The van der Waals surface area contributed by atoms with E-state index in [0.29, 0.717) is 25.8 Å². The van der Waals surface area contributed by atoms with E-state index in [1.807, 2.05) is 0 Å². The first-order valence-electron chi connectivity index (χ1n) is 20.1. The molecule has 0 aromatic heterocycles. The first-order valence-corrected chi connectivity index (χ1v) is 23.1. The molecule has 3 aromatic rings. The van der Waals surface area contributed by atoms with Gasteiger partial charge < -0.3 is 4.90 Å². The molecule has 0 bridgehead atoms. The summed E-state index contributed by atoms with van der Waals surface area (Å²) in [4.78, 5) is 2.39. The Balaban J connectivity index is 1.21.